The fraction of sp³-hybridized carbons (Fsp3) is 0.500. The van der Waals surface area contributed by atoms with E-state index >= 15 is 0 Å². The van der Waals surface area contributed by atoms with E-state index in [-0.39, 0.29) is 0 Å². The second-order valence-corrected chi connectivity index (χ2v) is 5.30. The lowest BCUT2D eigenvalue weighted by atomic mass is 9.92. The molecule has 2 heteroatoms. The Bertz CT molecular complexity index is 352. The van der Waals surface area contributed by atoms with Crippen molar-refractivity contribution in [2.24, 2.45) is 5.41 Å². The van der Waals surface area contributed by atoms with E-state index in [4.69, 9.17) is 5.26 Å². The number of hydrogen-bond donors (Lipinski definition) is 1. The molecule has 0 atom stereocenters. The predicted molar refractivity (Wildman–Crippen MR) is 66.9 cm³/mol. The highest BCUT2D eigenvalue weighted by Gasteiger charge is 2.08. The van der Waals surface area contributed by atoms with Gasteiger partial charge in [0.05, 0.1) is 11.6 Å². The summed E-state index contributed by atoms with van der Waals surface area (Å²) in [6.45, 7) is 8.65. The van der Waals surface area contributed by atoms with Gasteiger partial charge in [-0.2, -0.15) is 5.26 Å². The molecule has 0 amide bonds. The zero-order chi connectivity index (χ0) is 12.0. The van der Waals surface area contributed by atoms with Gasteiger partial charge in [0, 0.05) is 6.54 Å². The van der Waals surface area contributed by atoms with Crippen LogP contribution in [0.5, 0.6) is 0 Å². The lowest BCUT2D eigenvalue weighted by Crippen LogP contribution is -2.20. The van der Waals surface area contributed by atoms with Crippen LogP contribution in [-0.4, -0.2) is 6.54 Å². The molecule has 0 bridgehead atoms. The van der Waals surface area contributed by atoms with Crippen LogP contribution in [0.2, 0.25) is 0 Å². The summed E-state index contributed by atoms with van der Waals surface area (Å²) >= 11 is 0. The van der Waals surface area contributed by atoms with E-state index in [1.54, 1.807) is 0 Å². The van der Waals surface area contributed by atoms with E-state index in [9.17, 15) is 0 Å². The Balaban J connectivity index is 2.30. The number of hydrogen-bond acceptors (Lipinski definition) is 2. The third-order valence-electron chi connectivity index (χ3n) is 2.46. The van der Waals surface area contributed by atoms with E-state index in [2.05, 4.69) is 32.2 Å². The van der Waals surface area contributed by atoms with Crippen molar-refractivity contribution < 1.29 is 0 Å². The maximum absolute atomic E-state index is 8.67. The van der Waals surface area contributed by atoms with Crippen molar-refractivity contribution >= 4 is 0 Å². The number of benzene rings is 1. The minimum atomic E-state index is 0.387. The predicted octanol–water partition coefficient (Wildman–Crippen LogP) is 3.08. The molecule has 0 aromatic heterocycles. The summed E-state index contributed by atoms with van der Waals surface area (Å²) < 4.78 is 0. The monoisotopic (exact) mass is 216 g/mol. The van der Waals surface area contributed by atoms with Crippen molar-refractivity contribution in [3.8, 4) is 6.07 Å². The summed E-state index contributed by atoms with van der Waals surface area (Å²) in [5.74, 6) is 0. The van der Waals surface area contributed by atoms with Gasteiger partial charge in [0.25, 0.3) is 0 Å². The first-order valence-electron chi connectivity index (χ1n) is 5.71. The minimum absolute atomic E-state index is 0.387. The molecule has 0 saturated carbocycles. The van der Waals surface area contributed by atoms with Crippen LogP contribution >= 0.6 is 0 Å². The van der Waals surface area contributed by atoms with Gasteiger partial charge in [0.2, 0.25) is 0 Å². The number of rotatable bonds is 4. The highest BCUT2D eigenvalue weighted by atomic mass is 14.8. The van der Waals surface area contributed by atoms with Crippen LogP contribution in [0.25, 0.3) is 0 Å². The molecular formula is C14H20N2. The van der Waals surface area contributed by atoms with Gasteiger partial charge in [-0.25, -0.2) is 0 Å². The summed E-state index contributed by atoms with van der Waals surface area (Å²) in [5, 5.41) is 12.1. The first-order valence-corrected chi connectivity index (χ1v) is 5.71. The fourth-order valence-electron chi connectivity index (χ4n) is 1.39. The lowest BCUT2D eigenvalue weighted by molar-refractivity contribution is 0.366. The molecule has 16 heavy (non-hydrogen) atoms. The van der Waals surface area contributed by atoms with Gasteiger partial charge in [-0.1, -0.05) is 32.9 Å². The Labute approximate surface area is 98.3 Å². The molecule has 1 N–H and O–H groups in total. The third-order valence-corrected chi connectivity index (χ3v) is 2.46. The molecule has 0 aliphatic rings. The molecule has 1 aromatic rings. The zero-order valence-corrected chi connectivity index (χ0v) is 10.4. The highest BCUT2D eigenvalue weighted by Crippen LogP contribution is 2.17. The van der Waals surface area contributed by atoms with Gasteiger partial charge in [0.1, 0.15) is 0 Å². The van der Waals surface area contributed by atoms with Crippen molar-refractivity contribution in [1.29, 1.82) is 5.26 Å². The summed E-state index contributed by atoms with van der Waals surface area (Å²) in [6, 6.07) is 9.85. The largest absolute Gasteiger partial charge is 0.313 e. The van der Waals surface area contributed by atoms with Gasteiger partial charge < -0.3 is 5.32 Å². The molecule has 0 saturated heterocycles. The summed E-state index contributed by atoms with van der Waals surface area (Å²) in [7, 11) is 0. The number of nitrogens with zero attached hydrogens (tertiary/aromatic N) is 1. The summed E-state index contributed by atoms with van der Waals surface area (Å²) in [4.78, 5) is 0. The van der Waals surface area contributed by atoms with E-state index in [0.29, 0.717) is 5.41 Å². The Morgan fingerprint density at radius 2 is 1.81 bits per heavy atom. The first kappa shape index (κ1) is 12.7. The molecule has 2 nitrogen and oxygen atoms in total. The first-order chi connectivity index (χ1) is 7.51. The van der Waals surface area contributed by atoms with E-state index < -0.39 is 0 Å². The quantitative estimate of drug-likeness (QED) is 0.785. The molecule has 0 aliphatic carbocycles. The van der Waals surface area contributed by atoms with Gasteiger partial charge in [-0.3, -0.25) is 0 Å². The van der Waals surface area contributed by atoms with Crippen LogP contribution in [0.1, 0.15) is 38.3 Å². The van der Waals surface area contributed by atoms with Crippen LogP contribution in [0.15, 0.2) is 24.3 Å². The van der Waals surface area contributed by atoms with E-state index in [1.165, 1.54) is 12.0 Å². The van der Waals surface area contributed by atoms with Crippen molar-refractivity contribution in [2.45, 2.75) is 33.7 Å². The molecule has 0 heterocycles. The molecule has 1 aromatic carbocycles. The van der Waals surface area contributed by atoms with Crippen molar-refractivity contribution in [3.63, 3.8) is 0 Å². The molecule has 0 spiro atoms. The second-order valence-electron chi connectivity index (χ2n) is 5.30. The van der Waals surface area contributed by atoms with Crippen LogP contribution < -0.4 is 5.32 Å². The van der Waals surface area contributed by atoms with Gasteiger partial charge in [-0.15, -0.1) is 0 Å². The minimum Gasteiger partial charge on any atom is -0.313 e. The third kappa shape index (κ3) is 4.95. The van der Waals surface area contributed by atoms with Crippen LogP contribution in [0.3, 0.4) is 0 Å². The van der Waals surface area contributed by atoms with Crippen LogP contribution in [0.4, 0.5) is 0 Å². The lowest BCUT2D eigenvalue weighted by Gasteiger charge is -2.18. The normalized spacial score (nSPS) is 11.1. The molecule has 0 aliphatic heterocycles. The highest BCUT2D eigenvalue weighted by molar-refractivity contribution is 5.31. The molecule has 1 rings (SSSR count). The van der Waals surface area contributed by atoms with Gasteiger partial charge in [0.15, 0.2) is 0 Å². The average molecular weight is 216 g/mol. The van der Waals surface area contributed by atoms with Crippen molar-refractivity contribution in [1.82, 2.24) is 5.32 Å². The summed E-state index contributed by atoms with van der Waals surface area (Å²) in [6.07, 6.45) is 1.17. The van der Waals surface area contributed by atoms with Crippen LogP contribution in [-0.2, 0) is 6.54 Å². The standard InChI is InChI=1S/C14H20N2/c1-14(2,3)8-9-16-11-13-6-4-12(10-15)5-7-13/h4-7,16H,8-9,11H2,1-3H3. The Morgan fingerprint density at radius 1 is 1.19 bits per heavy atom. The molecule has 0 radical (unpaired) electrons. The molecule has 86 valence electrons. The Morgan fingerprint density at radius 3 is 2.31 bits per heavy atom. The molecular weight excluding hydrogens is 196 g/mol. The molecule has 0 fully saturated rings. The van der Waals surface area contributed by atoms with E-state index in [1.807, 2.05) is 24.3 Å². The topological polar surface area (TPSA) is 35.8 Å². The van der Waals surface area contributed by atoms with Crippen LogP contribution in [0, 0.1) is 16.7 Å². The Kier molecular flexibility index (Phi) is 4.52. The van der Waals surface area contributed by atoms with Gasteiger partial charge in [-0.05, 0) is 36.1 Å². The fourth-order valence-corrected chi connectivity index (χ4v) is 1.39. The average Bonchev–Trinajstić information content (AvgIpc) is 2.24. The maximum atomic E-state index is 8.67. The maximum Gasteiger partial charge on any atom is 0.0991 e. The SMILES string of the molecule is CC(C)(C)CCNCc1ccc(C#N)cc1. The van der Waals surface area contributed by atoms with Crippen molar-refractivity contribution in [3.05, 3.63) is 35.4 Å². The zero-order valence-electron chi connectivity index (χ0n) is 10.4. The smallest absolute Gasteiger partial charge is 0.0991 e. The second kappa shape index (κ2) is 5.67. The Hall–Kier alpha value is -1.33. The number of nitrogens with one attached hydrogen (secondary N) is 1. The van der Waals surface area contributed by atoms with E-state index in [0.717, 1.165) is 18.7 Å². The van der Waals surface area contributed by atoms with Gasteiger partial charge >= 0.3 is 0 Å². The number of nitriles is 1. The molecule has 0 unspecified atom stereocenters. The van der Waals surface area contributed by atoms with Crippen molar-refractivity contribution in [2.75, 3.05) is 6.54 Å². The summed E-state index contributed by atoms with van der Waals surface area (Å²) in [5.41, 5.74) is 2.34.